The lowest BCUT2D eigenvalue weighted by Gasteiger charge is -2.18. The van der Waals surface area contributed by atoms with E-state index in [1.807, 2.05) is 6.92 Å². The molecular formula is C13H20N2O3. The SMILES string of the molecule is CCOc1cccnc1C(=O)N(C)CCC(C)O. The number of pyridine rings is 1. The van der Waals surface area contributed by atoms with Crippen molar-refractivity contribution in [2.24, 2.45) is 0 Å². The average Bonchev–Trinajstić information content (AvgIpc) is 2.36. The molecule has 0 aliphatic heterocycles. The number of hydrogen-bond donors (Lipinski definition) is 1. The second kappa shape index (κ2) is 6.96. The van der Waals surface area contributed by atoms with Gasteiger partial charge in [0.25, 0.3) is 5.91 Å². The first kappa shape index (κ1) is 14.4. The number of amides is 1. The predicted octanol–water partition coefficient (Wildman–Crippen LogP) is 1.32. The van der Waals surface area contributed by atoms with E-state index >= 15 is 0 Å². The third kappa shape index (κ3) is 4.00. The Morgan fingerprint density at radius 1 is 1.61 bits per heavy atom. The van der Waals surface area contributed by atoms with E-state index < -0.39 is 6.10 Å². The van der Waals surface area contributed by atoms with Gasteiger partial charge in [-0.15, -0.1) is 0 Å². The molecule has 0 bridgehead atoms. The Labute approximate surface area is 107 Å². The molecule has 1 amide bonds. The van der Waals surface area contributed by atoms with Crippen molar-refractivity contribution in [2.45, 2.75) is 26.4 Å². The standard InChI is InChI=1S/C13H20N2O3/c1-4-18-11-6-5-8-14-12(11)13(17)15(3)9-7-10(2)16/h5-6,8,10,16H,4,7,9H2,1-3H3. The van der Waals surface area contributed by atoms with E-state index in [2.05, 4.69) is 4.98 Å². The lowest BCUT2D eigenvalue weighted by atomic mass is 10.2. The Hall–Kier alpha value is -1.62. The first-order valence-corrected chi connectivity index (χ1v) is 6.07. The number of carbonyl (C=O) groups excluding carboxylic acids is 1. The van der Waals surface area contributed by atoms with Crippen LogP contribution < -0.4 is 4.74 Å². The van der Waals surface area contributed by atoms with E-state index in [4.69, 9.17) is 4.74 Å². The summed E-state index contributed by atoms with van der Waals surface area (Å²) in [7, 11) is 1.69. The molecule has 1 atom stereocenters. The van der Waals surface area contributed by atoms with Gasteiger partial charge in [0.05, 0.1) is 12.7 Å². The molecule has 1 rings (SSSR count). The zero-order valence-corrected chi connectivity index (χ0v) is 11.1. The minimum atomic E-state index is -0.421. The van der Waals surface area contributed by atoms with Gasteiger partial charge >= 0.3 is 0 Å². The summed E-state index contributed by atoms with van der Waals surface area (Å²) in [6.45, 7) is 4.53. The third-order valence-corrected chi connectivity index (χ3v) is 2.50. The lowest BCUT2D eigenvalue weighted by molar-refractivity contribution is 0.0759. The van der Waals surface area contributed by atoms with Gasteiger partial charge in [-0.2, -0.15) is 0 Å². The van der Waals surface area contributed by atoms with Crippen LogP contribution in [0.3, 0.4) is 0 Å². The summed E-state index contributed by atoms with van der Waals surface area (Å²) in [4.78, 5) is 17.8. The smallest absolute Gasteiger partial charge is 0.276 e. The molecule has 0 aliphatic carbocycles. The summed E-state index contributed by atoms with van der Waals surface area (Å²) in [6.07, 6.45) is 1.69. The monoisotopic (exact) mass is 252 g/mol. The van der Waals surface area contributed by atoms with Crippen molar-refractivity contribution in [1.82, 2.24) is 9.88 Å². The fraction of sp³-hybridized carbons (Fsp3) is 0.538. The molecule has 1 N–H and O–H groups in total. The van der Waals surface area contributed by atoms with Gasteiger partial charge in [-0.25, -0.2) is 4.98 Å². The van der Waals surface area contributed by atoms with Gasteiger partial charge in [0, 0.05) is 19.8 Å². The molecule has 0 saturated heterocycles. The highest BCUT2D eigenvalue weighted by atomic mass is 16.5. The highest BCUT2D eigenvalue weighted by Gasteiger charge is 2.18. The second-order valence-electron chi connectivity index (χ2n) is 4.15. The first-order chi connectivity index (χ1) is 8.56. The van der Waals surface area contributed by atoms with Gasteiger partial charge in [0.15, 0.2) is 11.4 Å². The number of aliphatic hydroxyl groups excluding tert-OH is 1. The molecule has 5 nitrogen and oxygen atoms in total. The average molecular weight is 252 g/mol. The molecule has 0 spiro atoms. The quantitative estimate of drug-likeness (QED) is 0.829. The molecule has 1 aromatic heterocycles. The molecule has 1 aromatic rings. The molecule has 5 heteroatoms. The summed E-state index contributed by atoms with van der Waals surface area (Å²) in [5, 5.41) is 9.21. The minimum Gasteiger partial charge on any atom is -0.491 e. The van der Waals surface area contributed by atoms with Crippen molar-refractivity contribution in [3.05, 3.63) is 24.0 Å². The number of aromatic nitrogens is 1. The highest BCUT2D eigenvalue weighted by molar-refractivity contribution is 5.94. The van der Waals surface area contributed by atoms with Gasteiger partial charge in [0.2, 0.25) is 0 Å². The maximum atomic E-state index is 12.2. The largest absolute Gasteiger partial charge is 0.491 e. The summed E-state index contributed by atoms with van der Waals surface area (Å²) >= 11 is 0. The van der Waals surface area contributed by atoms with Crippen LogP contribution in [0, 0.1) is 0 Å². The fourth-order valence-corrected chi connectivity index (χ4v) is 1.49. The fourth-order valence-electron chi connectivity index (χ4n) is 1.49. The molecule has 1 unspecified atom stereocenters. The van der Waals surface area contributed by atoms with E-state index in [1.54, 1.807) is 32.3 Å². The van der Waals surface area contributed by atoms with Crippen molar-refractivity contribution in [1.29, 1.82) is 0 Å². The van der Waals surface area contributed by atoms with Crippen molar-refractivity contribution >= 4 is 5.91 Å². The van der Waals surface area contributed by atoms with Crippen molar-refractivity contribution in [3.8, 4) is 5.75 Å². The summed E-state index contributed by atoms with van der Waals surface area (Å²) in [6, 6.07) is 3.46. The van der Waals surface area contributed by atoms with Crippen LogP contribution in [-0.2, 0) is 0 Å². The molecule has 0 aromatic carbocycles. The summed E-state index contributed by atoms with van der Waals surface area (Å²) < 4.78 is 5.37. The normalized spacial score (nSPS) is 12.0. The van der Waals surface area contributed by atoms with E-state index in [9.17, 15) is 9.90 Å². The molecule has 0 fully saturated rings. The number of hydrogen-bond acceptors (Lipinski definition) is 4. The third-order valence-electron chi connectivity index (χ3n) is 2.50. The van der Waals surface area contributed by atoms with Crippen molar-refractivity contribution < 1.29 is 14.6 Å². The number of ether oxygens (including phenoxy) is 1. The second-order valence-corrected chi connectivity index (χ2v) is 4.15. The van der Waals surface area contributed by atoms with Gasteiger partial charge in [-0.05, 0) is 32.4 Å². The number of carbonyl (C=O) groups is 1. The molecule has 0 radical (unpaired) electrons. The van der Waals surface area contributed by atoms with Crippen LogP contribution in [0.15, 0.2) is 18.3 Å². The Kier molecular flexibility index (Phi) is 5.58. The van der Waals surface area contributed by atoms with Crippen LogP contribution in [0.5, 0.6) is 5.75 Å². The maximum Gasteiger partial charge on any atom is 0.276 e. The first-order valence-electron chi connectivity index (χ1n) is 6.07. The predicted molar refractivity (Wildman–Crippen MR) is 68.7 cm³/mol. The number of rotatable bonds is 6. The van der Waals surface area contributed by atoms with Crippen LogP contribution in [0.2, 0.25) is 0 Å². The number of nitrogens with zero attached hydrogens (tertiary/aromatic N) is 2. The van der Waals surface area contributed by atoms with E-state index in [1.165, 1.54) is 4.90 Å². The van der Waals surface area contributed by atoms with Gasteiger partial charge < -0.3 is 14.7 Å². The highest BCUT2D eigenvalue weighted by Crippen LogP contribution is 2.17. The van der Waals surface area contributed by atoms with E-state index in [-0.39, 0.29) is 5.91 Å². The Balaban J connectivity index is 2.76. The van der Waals surface area contributed by atoms with E-state index in [0.717, 1.165) is 0 Å². The lowest BCUT2D eigenvalue weighted by Crippen LogP contribution is -2.30. The number of aliphatic hydroxyl groups is 1. The molecular weight excluding hydrogens is 232 g/mol. The molecule has 0 saturated carbocycles. The molecule has 100 valence electrons. The maximum absolute atomic E-state index is 12.2. The van der Waals surface area contributed by atoms with Gasteiger partial charge in [-0.1, -0.05) is 0 Å². The zero-order valence-electron chi connectivity index (χ0n) is 11.1. The Morgan fingerprint density at radius 2 is 2.33 bits per heavy atom. The summed E-state index contributed by atoms with van der Waals surface area (Å²) in [5.74, 6) is 0.300. The topological polar surface area (TPSA) is 62.7 Å². The molecule has 0 aliphatic rings. The van der Waals surface area contributed by atoms with Crippen molar-refractivity contribution in [3.63, 3.8) is 0 Å². The van der Waals surface area contributed by atoms with Crippen LogP contribution in [0.25, 0.3) is 0 Å². The summed E-state index contributed by atoms with van der Waals surface area (Å²) in [5.41, 5.74) is 0.312. The Morgan fingerprint density at radius 3 is 2.94 bits per heavy atom. The van der Waals surface area contributed by atoms with Crippen LogP contribution in [0.4, 0.5) is 0 Å². The Bertz CT molecular complexity index is 394. The van der Waals surface area contributed by atoms with Gasteiger partial charge in [-0.3, -0.25) is 4.79 Å². The molecule has 1 heterocycles. The zero-order chi connectivity index (χ0) is 13.5. The minimum absolute atomic E-state index is 0.195. The molecule has 18 heavy (non-hydrogen) atoms. The van der Waals surface area contributed by atoms with Crippen LogP contribution >= 0.6 is 0 Å². The van der Waals surface area contributed by atoms with Crippen molar-refractivity contribution in [2.75, 3.05) is 20.2 Å². The van der Waals surface area contributed by atoms with Crippen LogP contribution in [-0.4, -0.2) is 47.2 Å². The van der Waals surface area contributed by atoms with Crippen LogP contribution in [0.1, 0.15) is 30.8 Å². The van der Waals surface area contributed by atoms with E-state index in [0.29, 0.717) is 31.0 Å². The van der Waals surface area contributed by atoms with Gasteiger partial charge in [0.1, 0.15) is 0 Å².